The molecule has 1 N–H and O–H groups in total. The Morgan fingerprint density at radius 3 is 2.13 bits per heavy atom. The van der Waals surface area contributed by atoms with Crippen LogP contribution in [0.4, 0.5) is 0 Å². The van der Waals surface area contributed by atoms with Gasteiger partial charge in [-0.05, 0) is 36.7 Å². The second kappa shape index (κ2) is 12.3. The van der Waals surface area contributed by atoms with E-state index in [0.717, 1.165) is 35.6 Å². The van der Waals surface area contributed by atoms with Gasteiger partial charge < -0.3 is 19.5 Å². The second-order valence-electron chi connectivity index (χ2n) is 6.57. The first-order chi connectivity index (χ1) is 14.2. The molecule has 0 unspecified atom stereocenters. The van der Waals surface area contributed by atoms with Crippen LogP contribution in [-0.2, 0) is 19.6 Å². The molecule has 3 aromatic carbocycles. The van der Waals surface area contributed by atoms with Crippen LogP contribution in [0.15, 0.2) is 66.7 Å². The molecule has 0 aromatic heterocycles. The van der Waals surface area contributed by atoms with E-state index >= 15 is 0 Å². The van der Waals surface area contributed by atoms with Gasteiger partial charge in [-0.2, -0.15) is 0 Å². The van der Waals surface area contributed by atoms with E-state index in [1.54, 1.807) is 14.2 Å². The Kier molecular flexibility index (Phi) is 9.81. The maximum Gasteiger partial charge on any atom is 0.166 e. The first kappa shape index (κ1) is 23.9. The number of halogens is 2. The molecule has 0 fully saturated rings. The van der Waals surface area contributed by atoms with Gasteiger partial charge in [-0.25, -0.2) is 0 Å². The average molecular weight is 448 g/mol. The van der Waals surface area contributed by atoms with Crippen molar-refractivity contribution in [2.45, 2.75) is 19.6 Å². The summed E-state index contributed by atoms with van der Waals surface area (Å²) in [6.45, 7) is 1.88. The highest BCUT2D eigenvalue weighted by atomic mass is 35.5. The van der Waals surface area contributed by atoms with Crippen LogP contribution in [0.2, 0.25) is 5.02 Å². The zero-order chi connectivity index (χ0) is 20.5. The predicted molar refractivity (Wildman–Crippen MR) is 124 cm³/mol. The summed E-state index contributed by atoms with van der Waals surface area (Å²) in [7, 11) is 3.35. The molecule has 160 valence electrons. The number of para-hydroxylation sites is 2. The zero-order valence-electron chi connectivity index (χ0n) is 17.2. The van der Waals surface area contributed by atoms with Crippen molar-refractivity contribution in [1.82, 2.24) is 5.32 Å². The molecule has 0 bridgehead atoms. The fourth-order valence-corrected chi connectivity index (χ4v) is 3.34. The van der Waals surface area contributed by atoms with Crippen molar-refractivity contribution in [3.63, 3.8) is 0 Å². The van der Waals surface area contributed by atoms with Crippen molar-refractivity contribution in [3.05, 3.63) is 88.4 Å². The Balaban J connectivity index is 0.00000320. The number of hydrogen-bond donors (Lipinski definition) is 1. The quantitative estimate of drug-likeness (QED) is 0.405. The molecular weight excluding hydrogens is 421 g/mol. The lowest BCUT2D eigenvalue weighted by Crippen LogP contribution is -2.17. The fraction of sp³-hybridized carbons (Fsp3) is 0.250. The Morgan fingerprint density at radius 1 is 0.767 bits per heavy atom. The zero-order valence-corrected chi connectivity index (χ0v) is 18.8. The molecule has 0 amide bonds. The van der Waals surface area contributed by atoms with Crippen LogP contribution >= 0.6 is 24.0 Å². The molecule has 0 aliphatic rings. The lowest BCUT2D eigenvalue weighted by molar-refractivity contribution is 0.280. The Bertz CT molecular complexity index is 934. The molecule has 30 heavy (non-hydrogen) atoms. The lowest BCUT2D eigenvalue weighted by Gasteiger charge is -2.16. The third-order valence-corrected chi connectivity index (χ3v) is 5.06. The van der Waals surface area contributed by atoms with Gasteiger partial charge in [0.1, 0.15) is 12.4 Å². The summed E-state index contributed by atoms with van der Waals surface area (Å²) in [4.78, 5) is 0. The first-order valence-electron chi connectivity index (χ1n) is 9.57. The van der Waals surface area contributed by atoms with E-state index in [4.69, 9.17) is 25.8 Å². The second-order valence-corrected chi connectivity index (χ2v) is 6.97. The van der Waals surface area contributed by atoms with Crippen molar-refractivity contribution >= 4 is 24.0 Å². The molecule has 0 saturated heterocycles. The van der Waals surface area contributed by atoms with Crippen LogP contribution in [0.25, 0.3) is 0 Å². The molecule has 0 radical (unpaired) electrons. The van der Waals surface area contributed by atoms with Gasteiger partial charge in [-0.15, -0.1) is 12.4 Å². The van der Waals surface area contributed by atoms with Crippen molar-refractivity contribution < 1.29 is 14.2 Å². The average Bonchev–Trinajstić information content (AvgIpc) is 2.76. The fourth-order valence-electron chi connectivity index (χ4n) is 3.15. The summed E-state index contributed by atoms with van der Waals surface area (Å²) < 4.78 is 17.0. The largest absolute Gasteiger partial charge is 0.496 e. The van der Waals surface area contributed by atoms with Crippen LogP contribution in [-0.4, -0.2) is 20.8 Å². The van der Waals surface area contributed by atoms with E-state index < -0.39 is 0 Å². The number of benzene rings is 3. The molecule has 0 aliphatic heterocycles. The first-order valence-corrected chi connectivity index (χ1v) is 9.95. The topological polar surface area (TPSA) is 39.7 Å². The molecule has 4 nitrogen and oxygen atoms in total. The van der Waals surface area contributed by atoms with E-state index in [1.165, 1.54) is 5.56 Å². The lowest BCUT2D eigenvalue weighted by atomic mass is 10.1. The number of hydrogen-bond acceptors (Lipinski definition) is 4. The van der Waals surface area contributed by atoms with Crippen molar-refractivity contribution in [2.75, 3.05) is 20.8 Å². The smallest absolute Gasteiger partial charge is 0.166 e. The highest BCUT2D eigenvalue weighted by Gasteiger charge is 2.12. The van der Waals surface area contributed by atoms with Gasteiger partial charge in [0.25, 0.3) is 0 Å². The van der Waals surface area contributed by atoms with Crippen molar-refractivity contribution in [1.29, 1.82) is 0 Å². The summed E-state index contributed by atoms with van der Waals surface area (Å²) >= 11 is 6.26. The Hall–Kier alpha value is -2.40. The predicted octanol–water partition coefficient (Wildman–Crippen LogP) is 5.69. The summed E-state index contributed by atoms with van der Waals surface area (Å²) in [5, 5.41) is 4.18. The highest BCUT2D eigenvalue weighted by molar-refractivity contribution is 6.31. The summed E-state index contributed by atoms with van der Waals surface area (Å²) in [6, 6.07) is 21.7. The van der Waals surface area contributed by atoms with Gasteiger partial charge in [0.2, 0.25) is 0 Å². The Morgan fingerprint density at radius 2 is 1.40 bits per heavy atom. The summed E-state index contributed by atoms with van der Waals surface area (Å²) in [6.07, 6.45) is 0.879. The van der Waals surface area contributed by atoms with Gasteiger partial charge in [0.15, 0.2) is 11.5 Å². The minimum Gasteiger partial charge on any atom is -0.496 e. The normalized spacial score (nSPS) is 10.2. The third-order valence-electron chi connectivity index (χ3n) is 4.69. The van der Waals surface area contributed by atoms with Crippen molar-refractivity contribution in [2.24, 2.45) is 0 Å². The van der Waals surface area contributed by atoms with Crippen LogP contribution in [0.1, 0.15) is 16.7 Å². The van der Waals surface area contributed by atoms with E-state index in [9.17, 15) is 0 Å². The van der Waals surface area contributed by atoms with Gasteiger partial charge in [0, 0.05) is 22.7 Å². The van der Waals surface area contributed by atoms with Crippen LogP contribution in [0, 0.1) is 0 Å². The molecule has 6 heteroatoms. The minimum atomic E-state index is 0. The third kappa shape index (κ3) is 6.30. The van der Waals surface area contributed by atoms with Gasteiger partial charge in [-0.1, -0.05) is 60.1 Å². The van der Waals surface area contributed by atoms with E-state index in [2.05, 4.69) is 11.4 Å². The molecule has 3 rings (SSSR count). The molecule has 0 atom stereocenters. The number of rotatable bonds is 10. The molecule has 0 heterocycles. The molecule has 0 spiro atoms. The standard InChI is InChI=1S/C24H26ClNO3.ClH/c1-27-22-12-6-4-8-18(22)14-15-26-16-19-10-7-13-23(28-2)24(19)29-17-20-9-3-5-11-21(20)25;/h3-13,26H,14-17H2,1-2H3;1H. The van der Waals surface area contributed by atoms with E-state index in [-0.39, 0.29) is 12.4 Å². The maximum absolute atomic E-state index is 6.26. The molecule has 0 saturated carbocycles. The van der Waals surface area contributed by atoms with Crippen LogP contribution < -0.4 is 19.5 Å². The van der Waals surface area contributed by atoms with Gasteiger partial charge in [0.05, 0.1) is 14.2 Å². The summed E-state index contributed by atoms with van der Waals surface area (Å²) in [5.41, 5.74) is 3.16. The minimum absolute atomic E-state index is 0. The van der Waals surface area contributed by atoms with E-state index in [1.807, 2.05) is 60.7 Å². The van der Waals surface area contributed by atoms with Crippen molar-refractivity contribution in [3.8, 4) is 17.2 Å². The highest BCUT2D eigenvalue weighted by Crippen LogP contribution is 2.32. The Labute approximate surface area is 189 Å². The summed E-state index contributed by atoms with van der Waals surface area (Å²) in [5.74, 6) is 2.36. The number of methoxy groups -OCH3 is 2. The number of nitrogens with one attached hydrogen (secondary N) is 1. The van der Waals surface area contributed by atoms with E-state index in [0.29, 0.717) is 23.9 Å². The monoisotopic (exact) mass is 447 g/mol. The van der Waals surface area contributed by atoms with Crippen LogP contribution in [0.5, 0.6) is 17.2 Å². The van der Waals surface area contributed by atoms with Gasteiger partial charge in [-0.3, -0.25) is 0 Å². The van der Waals surface area contributed by atoms with Crippen LogP contribution in [0.3, 0.4) is 0 Å². The number of ether oxygens (including phenoxy) is 3. The van der Waals surface area contributed by atoms with Gasteiger partial charge >= 0.3 is 0 Å². The molecular formula is C24H27Cl2NO3. The molecule has 3 aromatic rings. The maximum atomic E-state index is 6.26. The molecule has 0 aliphatic carbocycles. The SMILES string of the molecule is COc1ccccc1CCNCc1cccc(OC)c1OCc1ccccc1Cl.Cl.